The second kappa shape index (κ2) is 8.62. The number of aromatic nitrogens is 3. The molecule has 1 aromatic heterocycles. The predicted molar refractivity (Wildman–Crippen MR) is 115 cm³/mol. The normalized spacial score (nSPS) is 28.4. The van der Waals surface area contributed by atoms with Crippen molar-refractivity contribution in [2.24, 2.45) is 10.4 Å². The highest BCUT2D eigenvalue weighted by molar-refractivity contribution is 5.80. The average molecular weight is 403 g/mol. The van der Waals surface area contributed by atoms with Crippen molar-refractivity contribution in [2.45, 2.75) is 103 Å². The summed E-state index contributed by atoms with van der Waals surface area (Å²) in [6.45, 7) is 11.0. The number of aryl methyl sites for hydroxylation is 1. The smallest absolute Gasteiger partial charge is 0.191 e. The Balaban J connectivity index is 1.39. The molecule has 3 unspecified atom stereocenters. The third-order valence-corrected chi connectivity index (χ3v) is 7.05. The molecule has 2 heterocycles. The number of aliphatic imine (C=N–C) groups is 1. The minimum absolute atomic E-state index is 0.310. The molecule has 7 heteroatoms. The molecule has 0 amide bonds. The molecule has 2 fully saturated rings. The number of nitrogens with zero attached hydrogens (tertiary/aromatic N) is 4. The lowest BCUT2D eigenvalue weighted by atomic mass is 9.60. The summed E-state index contributed by atoms with van der Waals surface area (Å²) in [6, 6.07) is 0.807. The highest BCUT2D eigenvalue weighted by Crippen LogP contribution is 2.54. The van der Waals surface area contributed by atoms with Gasteiger partial charge in [-0.25, -0.2) is 9.67 Å². The van der Waals surface area contributed by atoms with Crippen molar-refractivity contribution in [3.8, 4) is 0 Å². The number of fused-ring (bicyclic) bond motifs is 1. The van der Waals surface area contributed by atoms with Crippen LogP contribution in [0.5, 0.6) is 0 Å². The van der Waals surface area contributed by atoms with E-state index in [0.29, 0.717) is 29.5 Å². The maximum atomic E-state index is 6.08. The lowest BCUT2D eigenvalue weighted by Crippen LogP contribution is -2.65. The first kappa shape index (κ1) is 20.6. The Labute approximate surface area is 175 Å². The number of rotatable bonds is 6. The number of guanidine groups is 1. The van der Waals surface area contributed by atoms with Crippen LogP contribution in [0.25, 0.3) is 0 Å². The van der Waals surface area contributed by atoms with Crippen molar-refractivity contribution in [3.63, 3.8) is 0 Å². The van der Waals surface area contributed by atoms with Crippen LogP contribution in [0.2, 0.25) is 0 Å². The van der Waals surface area contributed by atoms with Crippen LogP contribution in [0.15, 0.2) is 4.99 Å². The van der Waals surface area contributed by atoms with Gasteiger partial charge in [-0.15, -0.1) is 0 Å². The molecule has 3 atom stereocenters. The molecule has 2 aliphatic carbocycles. The van der Waals surface area contributed by atoms with Gasteiger partial charge in [0.15, 0.2) is 11.8 Å². The number of ether oxygens (including phenoxy) is 1. The van der Waals surface area contributed by atoms with Crippen LogP contribution in [0, 0.1) is 5.41 Å². The number of hydrogen-bond donors (Lipinski definition) is 2. The van der Waals surface area contributed by atoms with E-state index in [-0.39, 0.29) is 0 Å². The third kappa shape index (κ3) is 4.03. The topological polar surface area (TPSA) is 76.4 Å². The van der Waals surface area contributed by atoms with Crippen molar-refractivity contribution in [1.29, 1.82) is 0 Å². The van der Waals surface area contributed by atoms with Crippen LogP contribution >= 0.6 is 0 Å². The Morgan fingerprint density at radius 1 is 1.28 bits per heavy atom. The summed E-state index contributed by atoms with van der Waals surface area (Å²) in [5.74, 6) is 3.41. The van der Waals surface area contributed by atoms with Gasteiger partial charge in [-0.05, 0) is 39.5 Å². The van der Waals surface area contributed by atoms with Crippen molar-refractivity contribution in [3.05, 3.63) is 11.6 Å². The van der Waals surface area contributed by atoms with Gasteiger partial charge in [0.2, 0.25) is 0 Å². The maximum absolute atomic E-state index is 6.08. The van der Waals surface area contributed by atoms with Gasteiger partial charge >= 0.3 is 0 Å². The fourth-order valence-electron chi connectivity index (χ4n) is 5.43. The molecule has 0 radical (unpaired) electrons. The van der Waals surface area contributed by atoms with Gasteiger partial charge < -0.3 is 15.4 Å². The van der Waals surface area contributed by atoms with E-state index in [9.17, 15) is 0 Å². The summed E-state index contributed by atoms with van der Waals surface area (Å²) < 4.78 is 8.17. The summed E-state index contributed by atoms with van der Waals surface area (Å²) in [6.07, 6.45) is 8.74. The lowest BCUT2D eigenvalue weighted by Gasteiger charge is -2.54. The molecular formula is C22H38N6O. The largest absolute Gasteiger partial charge is 0.378 e. The van der Waals surface area contributed by atoms with Crippen LogP contribution < -0.4 is 10.6 Å². The SMILES string of the molecule is CCN=C(NC1CCc2nc(C(C)C)nn2C1)NC1CC(OCC)C12CCCC2. The van der Waals surface area contributed by atoms with E-state index >= 15 is 0 Å². The second-order valence-corrected chi connectivity index (χ2v) is 9.24. The third-order valence-electron chi connectivity index (χ3n) is 7.05. The Hall–Kier alpha value is -1.63. The van der Waals surface area contributed by atoms with E-state index in [0.717, 1.165) is 56.6 Å². The summed E-state index contributed by atoms with van der Waals surface area (Å²) in [4.78, 5) is 9.47. The summed E-state index contributed by atoms with van der Waals surface area (Å²) in [5, 5.41) is 12.2. The van der Waals surface area contributed by atoms with Crippen molar-refractivity contribution >= 4 is 5.96 Å². The van der Waals surface area contributed by atoms with Crippen LogP contribution in [0.4, 0.5) is 0 Å². The average Bonchev–Trinajstić information content (AvgIpc) is 3.36. The van der Waals surface area contributed by atoms with Crippen LogP contribution in [0.1, 0.15) is 83.8 Å². The highest BCUT2D eigenvalue weighted by atomic mass is 16.5. The van der Waals surface area contributed by atoms with Gasteiger partial charge in [0.25, 0.3) is 0 Å². The molecule has 3 aliphatic rings. The fourth-order valence-corrected chi connectivity index (χ4v) is 5.43. The standard InChI is InChI=1S/C22H38N6O/c1-5-23-21(25-17-13-18(29-6-2)22(17)11-7-8-12-22)24-16-9-10-19-26-20(15(3)4)27-28(19)14-16/h15-18H,5-14H2,1-4H3,(H2,23,24,25). The number of hydrogen-bond acceptors (Lipinski definition) is 4. The maximum Gasteiger partial charge on any atom is 0.191 e. The predicted octanol–water partition coefficient (Wildman–Crippen LogP) is 3.01. The summed E-state index contributed by atoms with van der Waals surface area (Å²) >= 11 is 0. The molecule has 0 saturated heterocycles. The number of nitrogens with one attached hydrogen (secondary N) is 2. The van der Waals surface area contributed by atoms with Crippen molar-refractivity contribution < 1.29 is 4.74 Å². The Bertz CT molecular complexity index is 721. The Kier molecular flexibility index (Phi) is 6.13. The van der Waals surface area contributed by atoms with E-state index in [2.05, 4.69) is 43.0 Å². The molecule has 7 nitrogen and oxygen atoms in total. The van der Waals surface area contributed by atoms with Crippen LogP contribution in [0.3, 0.4) is 0 Å². The van der Waals surface area contributed by atoms with Gasteiger partial charge in [0.05, 0.1) is 12.6 Å². The molecule has 29 heavy (non-hydrogen) atoms. The summed E-state index contributed by atoms with van der Waals surface area (Å²) in [7, 11) is 0. The van der Waals surface area contributed by atoms with Gasteiger partial charge in [-0.2, -0.15) is 5.10 Å². The van der Waals surface area contributed by atoms with Crippen LogP contribution in [-0.2, 0) is 17.7 Å². The molecule has 2 N–H and O–H groups in total. The van der Waals surface area contributed by atoms with Crippen LogP contribution in [-0.4, -0.2) is 52.1 Å². The molecule has 162 valence electrons. The van der Waals surface area contributed by atoms with E-state index < -0.39 is 0 Å². The van der Waals surface area contributed by atoms with E-state index in [1.54, 1.807) is 0 Å². The minimum Gasteiger partial charge on any atom is -0.378 e. The molecule has 2 saturated carbocycles. The van der Waals surface area contributed by atoms with Gasteiger partial charge in [-0.1, -0.05) is 26.7 Å². The molecule has 4 rings (SSSR count). The van der Waals surface area contributed by atoms with Crippen molar-refractivity contribution in [2.75, 3.05) is 13.2 Å². The Morgan fingerprint density at radius 2 is 2.07 bits per heavy atom. The van der Waals surface area contributed by atoms with E-state index in [1.807, 2.05) is 0 Å². The first-order valence-electron chi connectivity index (χ1n) is 11.7. The zero-order chi connectivity index (χ0) is 20.4. The van der Waals surface area contributed by atoms with Gasteiger partial charge in [-0.3, -0.25) is 4.99 Å². The fraction of sp³-hybridized carbons (Fsp3) is 0.864. The zero-order valence-corrected chi connectivity index (χ0v) is 18.6. The van der Waals surface area contributed by atoms with E-state index in [4.69, 9.17) is 19.8 Å². The summed E-state index contributed by atoms with van der Waals surface area (Å²) in [5.41, 5.74) is 0.310. The quantitative estimate of drug-likeness (QED) is 0.565. The van der Waals surface area contributed by atoms with Crippen molar-refractivity contribution in [1.82, 2.24) is 25.4 Å². The van der Waals surface area contributed by atoms with Gasteiger partial charge in [0.1, 0.15) is 5.82 Å². The molecule has 1 aromatic rings. The molecule has 1 aliphatic heterocycles. The lowest BCUT2D eigenvalue weighted by molar-refractivity contribution is -0.125. The second-order valence-electron chi connectivity index (χ2n) is 9.24. The molecular weight excluding hydrogens is 364 g/mol. The highest BCUT2D eigenvalue weighted by Gasteiger charge is 2.57. The molecule has 0 aromatic carbocycles. The zero-order valence-electron chi connectivity index (χ0n) is 18.6. The first-order chi connectivity index (χ1) is 14.1. The van der Waals surface area contributed by atoms with E-state index in [1.165, 1.54) is 25.7 Å². The molecule has 1 spiro atoms. The monoisotopic (exact) mass is 402 g/mol. The first-order valence-corrected chi connectivity index (χ1v) is 11.7. The van der Waals surface area contributed by atoms with Gasteiger partial charge in [0, 0.05) is 43.0 Å². The molecule has 0 bridgehead atoms. The Morgan fingerprint density at radius 3 is 2.76 bits per heavy atom. The minimum atomic E-state index is 0.310.